The summed E-state index contributed by atoms with van der Waals surface area (Å²) in [7, 11) is -2.88. The first-order chi connectivity index (χ1) is 12.5. The van der Waals surface area contributed by atoms with Crippen LogP contribution in [0.15, 0.2) is 30.6 Å². The third kappa shape index (κ3) is 3.47. The first kappa shape index (κ1) is 17.1. The van der Waals surface area contributed by atoms with Crippen molar-refractivity contribution in [1.29, 1.82) is 0 Å². The van der Waals surface area contributed by atoms with Gasteiger partial charge in [0, 0.05) is 37.8 Å². The van der Waals surface area contributed by atoms with Crippen molar-refractivity contribution < 1.29 is 13.2 Å². The lowest BCUT2D eigenvalue weighted by molar-refractivity contribution is 0.0588. The van der Waals surface area contributed by atoms with Crippen LogP contribution in [0, 0.1) is 0 Å². The van der Waals surface area contributed by atoms with Crippen LogP contribution in [0.2, 0.25) is 0 Å². The van der Waals surface area contributed by atoms with Crippen LogP contribution >= 0.6 is 0 Å². The Kier molecular flexibility index (Phi) is 4.45. The van der Waals surface area contributed by atoms with Crippen LogP contribution in [0.4, 0.5) is 0 Å². The van der Waals surface area contributed by atoms with Gasteiger partial charge in [0.05, 0.1) is 17.2 Å². The molecule has 9 nitrogen and oxygen atoms in total. The first-order valence-corrected chi connectivity index (χ1v) is 10.4. The lowest BCUT2D eigenvalue weighted by atomic mass is 10.1. The molecule has 0 aliphatic carbocycles. The fraction of sp³-hybridized carbons (Fsp3) is 0.500. The maximum atomic E-state index is 12.7. The third-order valence-corrected chi connectivity index (χ3v) is 6.80. The quantitative estimate of drug-likeness (QED) is 0.719. The molecule has 2 aliphatic heterocycles. The zero-order chi connectivity index (χ0) is 18.1. The van der Waals surface area contributed by atoms with Gasteiger partial charge in [0.15, 0.2) is 9.84 Å². The van der Waals surface area contributed by atoms with E-state index in [2.05, 4.69) is 20.4 Å². The van der Waals surface area contributed by atoms with Crippen molar-refractivity contribution in [2.75, 3.05) is 37.7 Å². The standard InChI is InChI=1S/C16H20N6O3S/c23-16(13-1-3-14(4-2-13)22-12-17-18-19-22)21-8-6-20(7-9-21)15-5-10-26(24,25)11-15/h1-4,12,15H,5-11H2. The van der Waals surface area contributed by atoms with Crippen LogP contribution in [0.5, 0.6) is 0 Å². The molecule has 10 heteroatoms. The fourth-order valence-corrected chi connectivity index (χ4v) is 5.33. The second kappa shape index (κ2) is 6.76. The molecule has 2 aromatic rings. The molecule has 138 valence electrons. The number of hydrogen-bond donors (Lipinski definition) is 0. The van der Waals surface area contributed by atoms with E-state index in [1.54, 1.807) is 12.1 Å². The number of tetrazole rings is 1. The molecule has 0 bridgehead atoms. The van der Waals surface area contributed by atoms with Crippen molar-refractivity contribution in [2.24, 2.45) is 0 Å². The molecule has 1 amide bonds. The lowest BCUT2D eigenvalue weighted by Gasteiger charge is -2.37. The second-order valence-corrected chi connectivity index (χ2v) is 8.92. The highest BCUT2D eigenvalue weighted by Crippen LogP contribution is 2.20. The molecule has 2 fully saturated rings. The van der Waals surface area contributed by atoms with Crippen LogP contribution in [-0.2, 0) is 9.84 Å². The van der Waals surface area contributed by atoms with Gasteiger partial charge in [-0.2, -0.15) is 0 Å². The van der Waals surface area contributed by atoms with Crippen LogP contribution < -0.4 is 0 Å². The number of carbonyl (C=O) groups excluding carboxylic acids is 1. The Bertz CT molecular complexity index is 873. The summed E-state index contributed by atoms with van der Waals surface area (Å²) in [5, 5.41) is 11.0. The number of hydrogen-bond acceptors (Lipinski definition) is 7. The predicted molar refractivity (Wildman–Crippen MR) is 93.7 cm³/mol. The largest absolute Gasteiger partial charge is 0.336 e. The zero-order valence-corrected chi connectivity index (χ0v) is 15.0. The van der Waals surface area contributed by atoms with Crippen molar-refractivity contribution >= 4 is 15.7 Å². The van der Waals surface area contributed by atoms with Gasteiger partial charge < -0.3 is 4.90 Å². The van der Waals surface area contributed by atoms with Crippen LogP contribution in [0.1, 0.15) is 16.8 Å². The maximum Gasteiger partial charge on any atom is 0.253 e. The number of piperazine rings is 1. The van der Waals surface area contributed by atoms with Gasteiger partial charge in [-0.3, -0.25) is 9.69 Å². The van der Waals surface area contributed by atoms with E-state index >= 15 is 0 Å². The van der Waals surface area contributed by atoms with Crippen molar-refractivity contribution in [3.63, 3.8) is 0 Å². The molecule has 1 aromatic heterocycles. The average molecular weight is 376 g/mol. The van der Waals surface area contributed by atoms with Crippen LogP contribution in [-0.4, -0.2) is 88.1 Å². The van der Waals surface area contributed by atoms with Gasteiger partial charge in [0.1, 0.15) is 6.33 Å². The zero-order valence-electron chi connectivity index (χ0n) is 14.2. The van der Waals surface area contributed by atoms with E-state index in [1.165, 1.54) is 11.0 Å². The van der Waals surface area contributed by atoms with Gasteiger partial charge >= 0.3 is 0 Å². The summed E-state index contributed by atoms with van der Waals surface area (Å²) in [5.41, 5.74) is 1.41. The predicted octanol–water partition coefficient (Wildman–Crippen LogP) is -0.393. The molecule has 0 saturated carbocycles. The van der Waals surface area contributed by atoms with E-state index in [0.29, 0.717) is 38.2 Å². The normalized spacial score (nSPS) is 23.2. The minimum absolute atomic E-state index is 0.00745. The third-order valence-electron chi connectivity index (χ3n) is 5.05. The molecule has 0 radical (unpaired) electrons. The molecule has 2 saturated heterocycles. The van der Waals surface area contributed by atoms with Gasteiger partial charge in [0.2, 0.25) is 0 Å². The van der Waals surface area contributed by atoms with Gasteiger partial charge in [-0.05, 0) is 41.1 Å². The topological polar surface area (TPSA) is 101 Å². The summed E-state index contributed by atoms with van der Waals surface area (Å²) < 4.78 is 24.8. The van der Waals surface area contributed by atoms with E-state index < -0.39 is 9.84 Å². The molecule has 1 aromatic carbocycles. The highest BCUT2D eigenvalue weighted by molar-refractivity contribution is 7.91. The minimum Gasteiger partial charge on any atom is -0.336 e. The Morgan fingerprint density at radius 2 is 1.81 bits per heavy atom. The van der Waals surface area contributed by atoms with Crippen molar-refractivity contribution in [2.45, 2.75) is 12.5 Å². The number of nitrogens with zero attached hydrogens (tertiary/aromatic N) is 6. The van der Waals surface area contributed by atoms with Gasteiger partial charge in [-0.15, -0.1) is 5.10 Å². The van der Waals surface area contributed by atoms with Gasteiger partial charge in [0.25, 0.3) is 5.91 Å². The van der Waals surface area contributed by atoms with E-state index in [-0.39, 0.29) is 23.5 Å². The van der Waals surface area contributed by atoms with Crippen molar-refractivity contribution in [3.05, 3.63) is 36.2 Å². The van der Waals surface area contributed by atoms with Gasteiger partial charge in [-0.25, -0.2) is 13.1 Å². The Balaban J connectivity index is 1.36. The van der Waals surface area contributed by atoms with Gasteiger partial charge in [-0.1, -0.05) is 0 Å². The van der Waals surface area contributed by atoms with E-state index in [9.17, 15) is 13.2 Å². The second-order valence-electron chi connectivity index (χ2n) is 6.69. The highest BCUT2D eigenvalue weighted by Gasteiger charge is 2.34. The number of benzene rings is 1. The lowest BCUT2D eigenvalue weighted by Crippen LogP contribution is -2.52. The molecule has 1 unspecified atom stereocenters. The highest BCUT2D eigenvalue weighted by atomic mass is 32.2. The molecule has 0 spiro atoms. The van der Waals surface area contributed by atoms with E-state index in [1.807, 2.05) is 17.0 Å². The summed E-state index contributed by atoms with van der Waals surface area (Å²) in [5.74, 6) is 0.524. The SMILES string of the molecule is O=C(c1ccc(-n2cnnn2)cc1)N1CCN(C2CCS(=O)(=O)C2)CC1. The monoisotopic (exact) mass is 376 g/mol. The smallest absolute Gasteiger partial charge is 0.253 e. The number of aromatic nitrogens is 4. The number of sulfone groups is 1. The fourth-order valence-electron chi connectivity index (χ4n) is 3.57. The number of carbonyl (C=O) groups is 1. The Hall–Kier alpha value is -2.33. The summed E-state index contributed by atoms with van der Waals surface area (Å²) in [6, 6.07) is 7.27. The molecule has 1 atom stereocenters. The van der Waals surface area contributed by atoms with Crippen molar-refractivity contribution in [3.8, 4) is 5.69 Å². The first-order valence-electron chi connectivity index (χ1n) is 8.59. The summed E-state index contributed by atoms with van der Waals surface area (Å²) in [4.78, 5) is 16.7. The Morgan fingerprint density at radius 1 is 1.08 bits per heavy atom. The van der Waals surface area contributed by atoms with E-state index in [4.69, 9.17) is 0 Å². The van der Waals surface area contributed by atoms with E-state index in [0.717, 1.165) is 5.69 Å². The van der Waals surface area contributed by atoms with Crippen LogP contribution in [0.3, 0.4) is 0 Å². The number of rotatable bonds is 3. The molecular formula is C16H20N6O3S. The maximum absolute atomic E-state index is 12.7. The summed E-state index contributed by atoms with van der Waals surface area (Å²) in [6.07, 6.45) is 2.20. The van der Waals surface area contributed by atoms with Crippen LogP contribution in [0.25, 0.3) is 5.69 Å². The summed E-state index contributed by atoms with van der Waals surface area (Å²) in [6.45, 7) is 2.66. The molecule has 3 heterocycles. The molecule has 0 N–H and O–H groups in total. The molecule has 2 aliphatic rings. The molecule has 4 rings (SSSR count). The van der Waals surface area contributed by atoms with Crippen molar-refractivity contribution in [1.82, 2.24) is 30.0 Å². The molecular weight excluding hydrogens is 356 g/mol. The Labute approximate surface area is 151 Å². The average Bonchev–Trinajstić information content (AvgIpc) is 3.31. The number of amides is 1. The summed E-state index contributed by atoms with van der Waals surface area (Å²) >= 11 is 0. The minimum atomic E-state index is -2.88. The Morgan fingerprint density at radius 3 is 2.38 bits per heavy atom. The molecule has 26 heavy (non-hydrogen) atoms.